The van der Waals surface area contributed by atoms with E-state index < -0.39 is 5.97 Å². The Labute approximate surface area is 94.1 Å². The minimum atomic E-state index is -0.526. The zero-order valence-electron chi connectivity index (χ0n) is 8.64. The average Bonchev–Trinajstić information content (AvgIpc) is 2.30. The van der Waals surface area contributed by atoms with Gasteiger partial charge in [-0.1, -0.05) is 18.2 Å². The Kier molecular flexibility index (Phi) is 7.62. The summed E-state index contributed by atoms with van der Waals surface area (Å²) in [6.07, 6.45) is -0.116. The van der Waals surface area contributed by atoms with Crippen molar-refractivity contribution in [3.8, 4) is 0 Å². The minimum absolute atomic E-state index is 0.116. The maximum Gasteiger partial charge on any atom is 0.356 e. The maximum atomic E-state index is 10.7. The summed E-state index contributed by atoms with van der Waals surface area (Å²) in [6, 6.07) is 8.55. The predicted molar refractivity (Wildman–Crippen MR) is 58.4 cm³/mol. The van der Waals surface area contributed by atoms with Gasteiger partial charge < -0.3 is 14.8 Å². The molecule has 0 fully saturated rings. The Balaban J connectivity index is 0.000000336. The molecule has 4 nitrogen and oxygen atoms in total. The zero-order chi connectivity index (χ0) is 11.7. The number of carbonyl (C=O) groups is 1. The van der Waals surface area contributed by atoms with Crippen molar-refractivity contribution in [3.05, 3.63) is 35.9 Å². The van der Waals surface area contributed by atoms with Crippen LogP contribution in [0.3, 0.4) is 0 Å². The molecule has 1 aromatic carbocycles. The Morgan fingerprint density at radius 3 is 2.20 bits per heavy atom. The molecule has 0 aliphatic heterocycles. The molecular weight excluding hydrogens is 218 g/mol. The van der Waals surface area contributed by atoms with E-state index in [0.717, 1.165) is 0 Å². The molecule has 0 spiro atoms. The molecule has 0 aromatic heterocycles. The highest BCUT2D eigenvalue weighted by molar-refractivity contribution is 6.15. The van der Waals surface area contributed by atoms with Crippen molar-refractivity contribution >= 4 is 17.8 Å². The van der Waals surface area contributed by atoms with Gasteiger partial charge in [-0.2, -0.15) is 0 Å². The largest absolute Gasteiger partial charge is 0.367 e. The smallest absolute Gasteiger partial charge is 0.356 e. The molecule has 1 unspecified atom stereocenters. The molecule has 0 saturated carbocycles. The summed E-state index contributed by atoms with van der Waals surface area (Å²) in [6.45, 7) is 1.78. The summed E-state index contributed by atoms with van der Waals surface area (Å²) in [4.78, 5) is 10.7. The zero-order valence-corrected chi connectivity index (χ0v) is 9.40. The normalized spacial score (nSPS) is 10.9. The lowest BCUT2D eigenvalue weighted by Gasteiger charge is -1.95. The molecule has 15 heavy (non-hydrogen) atoms. The minimum Gasteiger partial charge on any atom is -0.367 e. The molecular formula is C10H14ClNO3. The summed E-state index contributed by atoms with van der Waals surface area (Å²) < 4.78 is 8.50. The van der Waals surface area contributed by atoms with E-state index in [1.54, 1.807) is 38.3 Å². The van der Waals surface area contributed by atoms with Gasteiger partial charge in [-0.05, 0) is 19.1 Å². The quantitative estimate of drug-likeness (QED) is 0.791. The lowest BCUT2D eigenvalue weighted by Crippen LogP contribution is -2.15. The topological polar surface area (TPSA) is 61.5 Å². The van der Waals surface area contributed by atoms with E-state index in [1.165, 1.54) is 0 Å². The number of hydrogen-bond donors (Lipinski definition) is 1. The second kappa shape index (κ2) is 8.23. The van der Waals surface area contributed by atoms with Crippen molar-refractivity contribution < 1.29 is 13.8 Å². The van der Waals surface area contributed by atoms with Gasteiger partial charge in [-0.25, -0.2) is 4.79 Å². The van der Waals surface area contributed by atoms with Gasteiger partial charge in [-0.15, -0.1) is 0 Å². The van der Waals surface area contributed by atoms with Gasteiger partial charge in [0.1, 0.15) is 18.1 Å². The van der Waals surface area contributed by atoms with Crippen LogP contribution < -0.4 is 5.73 Å². The van der Waals surface area contributed by atoms with Gasteiger partial charge in [-0.3, -0.25) is 0 Å². The third-order valence-electron chi connectivity index (χ3n) is 1.45. The number of halogens is 1. The maximum absolute atomic E-state index is 10.7. The molecule has 5 heteroatoms. The van der Waals surface area contributed by atoms with Crippen molar-refractivity contribution in [1.82, 2.24) is 0 Å². The highest BCUT2D eigenvalue weighted by atomic mass is 35.5. The summed E-state index contributed by atoms with van der Waals surface area (Å²) >= 11 is 4.84. The first-order valence-electron chi connectivity index (χ1n) is 4.28. The predicted octanol–water partition coefficient (Wildman–Crippen LogP) is 1.93. The fraction of sp³-hybridized carbons (Fsp3) is 0.300. The molecule has 0 radical (unpaired) electrons. The molecule has 1 atom stereocenters. The molecule has 0 aliphatic rings. The Morgan fingerprint density at radius 1 is 1.40 bits per heavy atom. The van der Waals surface area contributed by atoms with E-state index in [-0.39, 0.29) is 6.23 Å². The lowest BCUT2D eigenvalue weighted by molar-refractivity contribution is 0.0751. The molecule has 1 rings (SSSR count). The van der Waals surface area contributed by atoms with Crippen molar-refractivity contribution in [3.63, 3.8) is 0 Å². The lowest BCUT2D eigenvalue weighted by atomic mass is 10.2. The highest BCUT2D eigenvalue weighted by Gasteiger charge is 2.02. The van der Waals surface area contributed by atoms with E-state index >= 15 is 0 Å². The molecule has 0 bridgehead atoms. The number of ether oxygens (including phenoxy) is 1. The number of benzene rings is 1. The standard InChI is InChI=1S/C7H5ClO2.C3H9NO/c8-10-7(9)6-4-2-1-3-5-6;1-3(4)5-2/h1-5H;3H,4H2,1-2H3. The van der Waals surface area contributed by atoms with Gasteiger partial charge in [0.25, 0.3) is 0 Å². The average molecular weight is 232 g/mol. The summed E-state index contributed by atoms with van der Waals surface area (Å²) in [5, 5.41) is 0. The van der Waals surface area contributed by atoms with Crippen LogP contribution in [0.1, 0.15) is 17.3 Å². The fourth-order valence-corrected chi connectivity index (χ4v) is 0.708. The van der Waals surface area contributed by atoms with Crippen LogP contribution in [-0.2, 0) is 9.03 Å². The van der Waals surface area contributed by atoms with Crippen LogP contribution in [0, 0.1) is 0 Å². The van der Waals surface area contributed by atoms with Crippen LogP contribution >= 0.6 is 11.9 Å². The molecule has 0 heterocycles. The Morgan fingerprint density at radius 2 is 1.87 bits per heavy atom. The molecule has 1 aromatic rings. The number of methoxy groups -OCH3 is 1. The second-order valence-electron chi connectivity index (χ2n) is 2.67. The molecule has 0 amide bonds. The number of rotatable bonds is 2. The van der Waals surface area contributed by atoms with E-state index in [2.05, 4.69) is 9.03 Å². The number of carbonyl (C=O) groups excluding carboxylic acids is 1. The van der Waals surface area contributed by atoms with E-state index in [1.807, 2.05) is 6.07 Å². The van der Waals surface area contributed by atoms with Crippen LogP contribution in [-0.4, -0.2) is 19.3 Å². The SMILES string of the molecule is COC(C)N.O=C(OCl)c1ccccc1. The molecule has 84 valence electrons. The third kappa shape index (κ3) is 6.90. The molecule has 2 N–H and O–H groups in total. The first-order valence-corrected chi connectivity index (χ1v) is 4.59. The molecule has 0 aliphatic carbocycles. The van der Waals surface area contributed by atoms with E-state index in [4.69, 9.17) is 17.6 Å². The summed E-state index contributed by atoms with van der Waals surface area (Å²) in [5.74, 6) is -0.526. The van der Waals surface area contributed by atoms with Gasteiger partial charge in [0.15, 0.2) is 0 Å². The summed E-state index contributed by atoms with van der Waals surface area (Å²) in [7, 11) is 1.57. The highest BCUT2D eigenvalue weighted by Crippen LogP contribution is 2.01. The Bertz CT molecular complexity index is 277. The van der Waals surface area contributed by atoms with Gasteiger partial charge >= 0.3 is 5.97 Å². The van der Waals surface area contributed by atoms with E-state index in [9.17, 15) is 4.79 Å². The van der Waals surface area contributed by atoms with Crippen molar-refractivity contribution in [2.75, 3.05) is 7.11 Å². The summed E-state index contributed by atoms with van der Waals surface area (Å²) in [5.41, 5.74) is 5.53. The van der Waals surface area contributed by atoms with Crippen LogP contribution in [0.15, 0.2) is 30.3 Å². The van der Waals surface area contributed by atoms with Crippen LogP contribution in [0.25, 0.3) is 0 Å². The monoisotopic (exact) mass is 231 g/mol. The van der Waals surface area contributed by atoms with Gasteiger partial charge in [0, 0.05) is 7.11 Å². The van der Waals surface area contributed by atoms with Gasteiger partial charge in [0.2, 0.25) is 0 Å². The van der Waals surface area contributed by atoms with E-state index in [0.29, 0.717) is 5.56 Å². The van der Waals surface area contributed by atoms with Crippen molar-refractivity contribution in [2.24, 2.45) is 5.73 Å². The van der Waals surface area contributed by atoms with Crippen LogP contribution in [0.5, 0.6) is 0 Å². The molecule has 0 saturated heterocycles. The number of hydrogen-bond acceptors (Lipinski definition) is 4. The number of nitrogens with two attached hydrogens (primary N) is 1. The van der Waals surface area contributed by atoms with Gasteiger partial charge in [0.05, 0.1) is 5.56 Å². The Hall–Kier alpha value is -1.10. The van der Waals surface area contributed by atoms with Crippen molar-refractivity contribution in [2.45, 2.75) is 13.2 Å². The third-order valence-corrected chi connectivity index (χ3v) is 1.59. The fourth-order valence-electron chi connectivity index (χ4n) is 0.619. The van der Waals surface area contributed by atoms with Crippen molar-refractivity contribution in [1.29, 1.82) is 0 Å². The van der Waals surface area contributed by atoms with Crippen LogP contribution in [0.2, 0.25) is 0 Å². The van der Waals surface area contributed by atoms with Crippen LogP contribution in [0.4, 0.5) is 0 Å². The second-order valence-corrected chi connectivity index (χ2v) is 2.83. The first kappa shape index (κ1) is 13.9. The first-order chi connectivity index (χ1) is 7.11.